The molecular weight excluding hydrogens is 371 g/mol. The molecule has 1 aromatic rings. The van der Waals surface area contributed by atoms with Crippen LogP contribution in [0.1, 0.15) is 58.9 Å². The number of carbonyl (C=O) groups is 1. The first-order chi connectivity index (χ1) is 13.9. The van der Waals surface area contributed by atoms with Gasteiger partial charge in [-0.3, -0.25) is 4.79 Å². The van der Waals surface area contributed by atoms with Gasteiger partial charge in [0.15, 0.2) is 17.5 Å². The quantitative estimate of drug-likeness (QED) is 0.457. The van der Waals surface area contributed by atoms with Gasteiger partial charge in [0.1, 0.15) is 0 Å². The predicted octanol–water partition coefficient (Wildman–Crippen LogP) is 3.36. The molecule has 0 aliphatic heterocycles. The molecule has 2 unspecified atom stereocenters. The van der Waals surface area contributed by atoms with Crippen molar-refractivity contribution in [3.05, 3.63) is 29.6 Å². The third kappa shape index (κ3) is 7.55. The van der Waals surface area contributed by atoms with Crippen molar-refractivity contribution >= 4 is 11.9 Å². The average molecular weight is 407 g/mol. The van der Waals surface area contributed by atoms with Gasteiger partial charge in [0.25, 0.3) is 0 Å². The summed E-state index contributed by atoms with van der Waals surface area (Å²) in [5.74, 6) is 0.753. The zero-order valence-electron chi connectivity index (χ0n) is 18.1. The molecule has 162 valence electrons. The van der Waals surface area contributed by atoms with Crippen LogP contribution < -0.4 is 20.7 Å². The first kappa shape index (κ1) is 23.0. The van der Waals surface area contributed by atoms with Crippen LogP contribution in [0.15, 0.2) is 23.2 Å². The fourth-order valence-electron chi connectivity index (χ4n) is 3.56. The number of halogens is 1. The number of carbonyl (C=O) groups excluding carboxylic acids is 1. The third-order valence-corrected chi connectivity index (χ3v) is 4.88. The fraction of sp³-hybridized carbons (Fsp3) is 0.636. The SMILES string of the molecule is CCNC(=NCc1ccc(OCC)c(F)c1)NC1CCCC(C(=O)NC(C)C)C1. The molecule has 7 heteroatoms. The van der Waals surface area contributed by atoms with Crippen LogP contribution >= 0.6 is 0 Å². The van der Waals surface area contributed by atoms with Crippen molar-refractivity contribution in [3.63, 3.8) is 0 Å². The van der Waals surface area contributed by atoms with Crippen LogP contribution in [-0.2, 0) is 11.3 Å². The highest BCUT2D eigenvalue weighted by molar-refractivity contribution is 5.81. The van der Waals surface area contributed by atoms with E-state index in [1.54, 1.807) is 6.07 Å². The summed E-state index contributed by atoms with van der Waals surface area (Å²) in [7, 11) is 0. The van der Waals surface area contributed by atoms with Gasteiger partial charge in [-0.1, -0.05) is 12.5 Å². The van der Waals surface area contributed by atoms with Crippen LogP contribution in [-0.4, -0.2) is 37.1 Å². The molecular formula is C22H35FN4O2. The maximum absolute atomic E-state index is 14.0. The molecule has 0 bridgehead atoms. The van der Waals surface area contributed by atoms with E-state index >= 15 is 0 Å². The number of ether oxygens (including phenoxy) is 1. The molecule has 0 aromatic heterocycles. The number of hydrogen-bond acceptors (Lipinski definition) is 3. The molecule has 0 heterocycles. The minimum absolute atomic E-state index is 0.0340. The van der Waals surface area contributed by atoms with Gasteiger partial charge in [0, 0.05) is 24.5 Å². The van der Waals surface area contributed by atoms with Crippen molar-refractivity contribution in [1.29, 1.82) is 0 Å². The first-order valence-corrected chi connectivity index (χ1v) is 10.7. The summed E-state index contributed by atoms with van der Waals surface area (Å²) in [6.07, 6.45) is 3.74. The van der Waals surface area contributed by atoms with Gasteiger partial charge in [-0.15, -0.1) is 0 Å². The minimum Gasteiger partial charge on any atom is -0.491 e. The van der Waals surface area contributed by atoms with E-state index in [-0.39, 0.29) is 35.5 Å². The summed E-state index contributed by atoms with van der Waals surface area (Å²) in [5.41, 5.74) is 0.779. The Bertz CT molecular complexity index is 693. The standard InChI is InChI=1S/C22H35FN4O2/c1-5-24-22(25-14-16-10-11-20(29-6-2)19(23)12-16)27-18-9-7-8-17(13-18)21(28)26-15(3)4/h10-12,15,17-18H,5-9,13-14H2,1-4H3,(H,26,28)(H2,24,25,27). The highest BCUT2D eigenvalue weighted by Gasteiger charge is 2.28. The summed E-state index contributed by atoms with van der Waals surface area (Å²) < 4.78 is 19.3. The lowest BCUT2D eigenvalue weighted by molar-refractivity contribution is -0.126. The van der Waals surface area contributed by atoms with E-state index in [2.05, 4.69) is 20.9 Å². The molecule has 0 saturated heterocycles. The Hall–Kier alpha value is -2.31. The highest BCUT2D eigenvalue weighted by Crippen LogP contribution is 2.25. The lowest BCUT2D eigenvalue weighted by Gasteiger charge is -2.30. The van der Waals surface area contributed by atoms with Crippen molar-refractivity contribution in [2.75, 3.05) is 13.2 Å². The molecule has 3 N–H and O–H groups in total. The summed E-state index contributed by atoms with van der Waals surface area (Å²) in [6, 6.07) is 5.29. The Kier molecular flexibility index (Phi) is 9.22. The largest absolute Gasteiger partial charge is 0.491 e. The van der Waals surface area contributed by atoms with Crippen LogP contribution in [0, 0.1) is 11.7 Å². The van der Waals surface area contributed by atoms with Gasteiger partial charge in [0.2, 0.25) is 5.91 Å². The second kappa shape index (κ2) is 11.6. The van der Waals surface area contributed by atoms with Gasteiger partial charge in [-0.2, -0.15) is 0 Å². The summed E-state index contributed by atoms with van der Waals surface area (Å²) in [6.45, 7) is 9.32. The van der Waals surface area contributed by atoms with Crippen LogP contribution in [0.4, 0.5) is 4.39 Å². The number of hydrogen-bond donors (Lipinski definition) is 3. The Balaban J connectivity index is 1.98. The number of amides is 1. The summed E-state index contributed by atoms with van der Waals surface area (Å²) in [4.78, 5) is 17.0. The third-order valence-electron chi connectivity index (χ3n) is 4.88. The maximum Gasteiger partial charge on any atom is 0.223 e. The molecule has 29 heavy (non-hydrogen) atoms. The van der Waals surface area contributed by atoms with Crippen molar-refractivity contribution in [3.8, 4) is 5.75 Å². The lowest BCUT2D eigenvalue weighted by Crippen LogP contribution is -2.47. The molecule has 0 radical (unpaired) electrons. The van der Waals surface area contributed by atoms with Gasteiger partial charge in [-0.05, 0) is 64.7 Å². The van der Waals surface area contributed by atoms with Crippen LogP contribution in [0.25, 0.3) is 0 Å². The molecule has 1 aromatic carbocycles. The number of aliphatic imine (C=N–C) groups is 1. The second-order valence-corrected chi connectivity index (χ2v) is 7.76. The Labute approximate surface area is 173 Å². The van der Waals surface area contributed by atoms with Gasteiger partial charge in [-0.25, -0.2) is 9.38 Å². The van der Waals surface area contributed by atoms with E-state index in [9.17, 15) is 9.18 Å². The number of benzene rings is 1. The zero-order valence-corrected chi connectivity index (χ0v) is 18.1. The van der Waals surface area contributed by atoms with Crippen molar-refractivity contribution < 1.29 is 13.9 Å². The Morgan fingerprint density at radius 1 is 1.31 bits per heavy atom. The van der Waals surface area contributed by atoms with Gasteiger partial charge in [0.05, 0.1) is 13.2 Å². The van der Waals surface area contributed by atoms with Crippen LogP contribution in [0.2, 0.25) is 0 Å². The van der Waals surface area contributed by atoms with E-state index < -0.39 is 0 Å². The maximum atomic E-state index is 14.0. The van der Waals surface area contributed by atoms with Gasteiger partial charge >= 0.3 is 0 Å². The summed E-state index contributed by atoms with van der Waals surface area (Å²) in [5, 5.41) is 9.71. The number of nitrogens with one attached hydrogen (secondary N) is 3. The first-order valence-electron chi connectivity index (χ1n) is 10.7. The molecule has 1 amide bonds. The van der Waals surface area contributed by atoms with Crippen LogP contribution in [0.3, 0.4) is 0 Å². The monoisotopic (exact) mass is 406 g/mol. The molecule has 1 fully saturated rings. The van der Waals surface area contributed by atoms with E-state index in [1.807, 2.05) is 33.8 Å². The zero-order chi connectivity index (χ0) is 21.2. The van der Waals surface area contributed by atoms with E-state index in [0.717, 1.165) is 37.8 Å². The molecule has 1 aliphatic carbocycles. The smallest absolute Gasteiger partial charge is 0.223 e. The normalized spacial score (nSPS) is 19.7. The topological polar surface area (TPSA) is 74.8 Å². The number of rotatable bonds is 8. The Morgan fingerprint density at radius 2 is 2.10 bits per heavy atom. The molecule has 2 rings (SSSR count). The van der Waals surface area contributed by atoms with E-state index in [4.69, 9.17) is 4.74 Å². The number of guanidine groups is 1. The molecule has 1 saturated carbocycles. The predicted molar refractivity (Wildman–Crippen MR) is 115 cm³/mol. The average Bonchev–Trinajstić information content (AvgIpc) is 2.68. The van der Waals surface area contributed by atoms with Crippen molar-refractivity contribution in [2.45, 2.75) is 72.0 Å². The summed E-state index contributed by atoms with van der Waals surface area (Å²) >= 11 is 0. The fourth-order valence-corrected chi connectivity index (χ4v) is 3.56. The highest BCUT2D eigenvalue weighted by atomic mass is 19.1. The Morgan fingerprint density at radius 3 is 2.76 bits per heavy atom. The van der Waals surface area contributed by atoms with E-state index in [0.29, 0.717) is 19.1 Å². The molecule has 0 spiro atoms. The minimum atomic E-state index is -0.371. The van der Waals surface area contributed by atoms with Crippen molar-refractivity contribution in [2.24, 2.45) is 10.9 Å². The molecule has 6 nitrogen and oxygen atoms in total. The van der Waals surface area contributed by atoms with Crippen LogP contribution in [0.5, 0.6) is 5.75 Å². The second-order valence-electron chi connectivity index (χ2n) is 7.76. The van der Waals surface area contributed by atoms with Crippen molar-refractivity contribution in [1.82, 2.24) is 16.0 Å². The molecule has 2 atom stereocenters. The van der Waals surface area contributed by atoms with Gasteiger partial charge < -0.3 is 20.7 Å². The number of nitrogens with zero attached hydrogens (tertiary/aromatic N) is 1. The van der Waals surface area contributed by atoms with E-state index in [1.165, 1.54) is 6.07 Å². The molecule has 1 aliphatic rings. The lowest BCUT2D eigenvalue weighted by atomic mass is 9.85.